The van der Waals surface area contributed by atoms with Crippen LogP contribution in [-0.2, 0) is 0 Å². The molecule has 0 aliphatic carbocycles. The second-order valence-electron chi connectivity index (χ2n) is 2.38. The molecule has 7 nitrogen and oxygen atoms in total. The fraction of sp³-hybridized carbons (Fsp3) is 0.143. The van der Waals surface area contributed by atoms with Crippen LogP contribution in [0, 0.1) is 0 Å². The SMILES string of the molecule is COc1scc(NC(=O)O)c1NC(=O)O.[LiH]. The molecule has 1 aromatic heterocycles. The first-order valence-corrected chi connectivity index (χ1v) is 4.58. The summed E-state index contributed by atoms with van der Waals surface area (Å²) < 4.78 is 4.87. The summed E-state index contributed by atoms with van der Waals surface area (Å²) in [5.41, 5.74) is 0.240. The summed E-state index contributed by atoms with van der Waals surface area (Å²) in [5, 5.41) is 22.9. The Kier molecular flexibility index (Phi) is 5.74. The van der Waals surface area contributed by atoms with Gasteiger partial charge in [-0.05, 0) is 0 Å². The average Bonchev–Trinajstić information content (AvgIpc) is 2.47. The molecular weight excluding hydrogens is 231 g/mol. The molecule has 0 atom stereocenters. The summed E-state index contributed by atoms with van der Waals surface area (Å²) in [6, 6.07) is 0. The van der Waals surface area contributed by atoms with Crippen molar-refractivity contribution in [1.82, 2.24) is 0 Å². The Morgan fingerprint density at radius 1 is 1.31 bits per heavy atom. The Hall–Kier alpha value is -1.36. The summed E-state index contributed by atoms with van der Waals surface area (Å²) in [6.45, 7) is 0. The van der Waals surface area contributed by atoms with E-state index in [4.69, 9.17) is 14.9 Å². The number of nitrogens with one attached hydrogen (secondary N) is 2. The zero-order chi connectivity index (χ0) is 11.4. The van der Waals surface area contributed by atoms with Gasteiger partial charge in [0.2, 0.25) is 0 Å². The van der Waals surface area contributed by atoms with Gasteiger partial charge in [0.25, 0.3) is 0 Å². The van der Waals surface area contributed by atoms with Gasteiger partial charge in [0.1, 0.15) is 5.69 Å². The van der Waals surface area contributed by atoms with Crippen molar-refractivity contribution in [2.24, 2.45) is 0 Å². The molecule has 9 heteroatoms. The van der Waals surface area contributed by atoms with Gasteiger partial charge in [0.15, 0.2) is 5.06 Å². The van der Waals surface area contributed by atoms with Crippen molar-refractivity contribution in [3.05, 3.63) is 5.38 Å². The maximum atomic E-state index is 10.4. The van der Waals surface area contributed by atoms with E-state index in [1.807, 2.05) is 0 Å². The first-order chi connectivity index (χ1) is 7.04. The van der Waals surface area contributed by atoms with E-state index >= 15 is 0 Å². The van der Waals surface area contributed by atoms with Gasteiger partial charge in [-0.25, -0.2) is 9.59 Å². The third kappa shape index (κ3) is 3.66. The van der Waals surface area contributed by atoms with E-state index in [9.17, 15) is 9.59 Å². The van der Waals surface area contributed by atoms with Crippen molar-refractivity contribution in [1.29, 1.82) is 0 Å². The average molecular weight is 240 g/mol. The molecule has 0 saturated heterocycles. The molecule has 1 heterocycles. The van der Waals surface area contributed by atoms with Crippen LogP contribution < -0.4 is 15.4 Å². The Labute approximate surface area is 107 Å². The van der Waals surface area contributed by atoms with Crippen molar-refractivity contribution in [3.8, 4) is 5.06 Å². The van der Waals surface area contributed by atoms with Gasteiger partial charge in [-0.15, -0.1) is 11.3 Å². The third-order valence-corrected chi connectivity index (χ3v) is 2.35. The predicted molar refractivity (Wildman–Crippen MR) is 61.3 cm³/mol. The van der Waals surface area contributed by atoms with Crippen LogP contribution in [0.25, 0.3) is 0 Å². The third-order valence-electron chi connectivity index (χ3n) is 1.42. The minimum absolute atomic E-state index is 0. The Morgan fingerprint density at radius 2 is 1.88 bits per heavy atom. The van der Waals surface area contributed by atoms with E-state index in [1.54, 1.807) is 0 Å². The molecule has 0 aliphatic rings. The molecule has 0 aromatic carbocycles. The number of amides is 2. The maximum absolute atomic E-state index is 10.4. The molecule has 1 aromatic rings. The van der Waals surface area contributed by atoms with Crippen molar-refractivity contribution < 1.29 is 24.5 Å². The Morgan fingerprint density at radius 3 is 2.31 bits per heavy atom. The molecule has 0 spiro atoms. The van der Waals surface area contributed by atoms with E-state index in [0.717, 1.165) is 11.3 Å². The first kappa shape index (κ1) is 14.6. The van der Waals surface area contributed by atoms with Gasteiger partial charge in [-0.2, -0.15) is 0 Å². The molecule has 0 saturated carbocycles. The van der Waals surface area contributed by atoms with E-state index in [0.29, 0.717) is 5.06 Å². The molecule has 0 fully saturated rings. The number of hydrogen-bond acceptors (Lipinski definition) is 4. The normalized spacial score (nSPS) is 8.81. The van der Waals surface area contributed by atoms with Crippen LogP contribution in [0.1, 0.15) is 0 Å². The minimum atomic E-state index is -1.29. The fourth-order valence-corrected chi connectivity index (χ4v) is 1.70. The van der Waals surface area contributed by atoms with E-state index in [1.165, 1.54) is 12.5 Å². The second-order valence-corrected chi connectivity index (χ2v) is 3.22. The molecule has 0 radical (unpaired) electrons. The van der Waals surface area contributed by atoms with Gasteiger partial charge in [0.05, 0.1) is 12.8 Å². The summed E-state index contributed by atoms with van der Waals surface area (Å²) in [4.78, 5) is 20.8. The summed E-state index contributed by atoms with van der Waals surface area (Å²) in [5.74, 6) is 0. The summed E-state index contributed by atoms with van der Waals surface area (Å²) >= 11 is 1.09. The summed E-state index contributed by atoms with van der Waals surface area (Å²) in [7, 11) is 1.36. The summed E-state index contributed by atoms with van der Waals surface area (Å²) in [6.07, 6.45) is -2.57. The van der Waals surface area contributed by atoms with Gasteiger partial charge in [0, 0.05) is 5.38 Å². The van der Waals surface area contributed by atoms with Gasteiger partial charge < -0.3 is 14.9 Å². The van der Waals surface area contributed by atoms with E-state index in [-0.39, 0.29) is 30.2 Å². The standard InChI is InChI=1S/C7H8N2O5S.Li.H/c1-14-5-4(9-7(12)13)3(2-15-5)8-6(10)11;;/h2,8-9H,1H3,(H,10,11)(H,12,13);;. The number of rotatable bonds is 3. The van der Waals surface area contributed by atoms with E-state index < -0.39 is 12.2 Å². The number of ether oxygens (including phenoxy) is 1. The molecule has 4 N–H and O–H groups in total. The van der Waals surface area contributed by atoms with Crippen LogP contribution in [0.15, 0.2) is 5.38 Å². The second kappa shape index (κ2) is 6.27. The molecular formula is C7H9LiN2O5S. The topological polar surface area (TPSA) is 108 Å². The molecule has 0 unspecified atom stereocenters. The number of carbonyl (C=O) groups is 2. The number of anilines is 2. The number of methoxy groups -OCH3 is 1. The Balaban J connectivity index is 0.00000225. The molecule has 2 amide bonds. The fourth-order valence-electron chi connectivity index (χ4n) is 0.923. The van der Waals surface area contributed by atoms with Gasteiger partial charge in [-0.1, -0.05) is 0 Å². The predicted octanol–water partition coefficient (Wildman–Crippen LogP) is 1.29. The van der Waals surface area contributed by atoms with Gasteiger partial charge in [-0.3, -0.25) is 10.6 Å². The van der Waals surface area contributed by atoms with Crippen LogP contribution in [0.2, 0.25) is 0 Å². The Bertz CT molecular complexity index is 394. The molecule has 1 rings (SSSR count). The van der Waals surface area contributed by atoms with Crippen LogP contribution in [0.3, 0.4) is 0 Å². The molecule has 84 valence electrons. The molecule has 0 bridgehead atoms. The molecule has 16 heavy (non-hydrogen) atoms. The van der Waals surface area contributed by atoms with Crippen LogP contribution in [0.4, 0.5) is 21.0 Å². The number of hydrogen-bond donors (Lipinski definition) is 4. The van der Waals surface area contributed by atoms with Crippen LogP contribution in [0.5, 0.6) is 5.06 Å². The zero-order valence-electron chi connectivity index (χ0n) is 7.60. The number of carboxylic acid groups (broad SMARTS) is 2. The van der Waals surface area contributed by atoms with Crippen LogP contribution >= 0.6 is 11.3 Å². The quantitative estimate of drug-likeness (QED) is 0.595. The number of thiophene rings is 1. The van der Waals surface area contributed by atoms with Crippen molar-refractivity contribution in [2.75, 3.05) is 17.7 Å². The molecule has 0 aliphatic heterocycles. The van der Waals surface area contributed by atoms with Crippen molar-refractivity contribution in [3.63, 3.8) is 0 Å². The zero-order valence-corrected chi connectivity index (χ0v) is 8.42. The van der Waals surface area contributed by atoms with Crippen LogP contribution in [-0.4, -0.2) is 48.4 Å². The first-order valence-electron chi connectivity index (χ1n) is 3.70. The van der Waals surface area contributed by atoms with Crippen molar-refractivity contribution >= 4 is 53.8 Å². The monoisotopic (exact) mass is 240 g/mol. The van der Waals surface area contributed by atoms with E-state index in [2.05, 4.69) is 10.6 Å². The van der Waals surface area contributed by atoms with Gasteiger partial charge >= 0.3 is 31.0 Å². The van der Waals surface area contributed by atoms with Crippen molar-refractivity contribution in [2.45, 2.75) is 0 Å².